The molecule has 0 nitrogen and oxygen atoms in total. The molecule has 0 aliphatic heterocycles. The molecule has 0 aliphatic rings. The molecule has 0 bridgehead atoms. The standard InChI is InChI=1S/C15H17PS/c1-12-9-10-15(13(2)11-12)16(17-3)14-7-5-4-6-8-14/h4-11H,1-3H3. The first kappa shape index (κ1) is 12.7. The second kappa shape index (κ2) is 5.71. The van der Waals surface area contributed by atoms with E-state index in [2.05, 4.69) is 68.6 Å². The molecule has 2 rings (SSSR count). The Hall–Kier alpha value is -0.780. The molecule has 1 atom stereocenters. The van der Waals surface area contributed by atoms with E-state index in [4.69, 9.17) is 0 Å². The minimum Gasteiger partial charge on any atom is -0.128 e. The molecule has 0 fully saturated rings. The molecule has 88 valence electrons. The van der Waals surface area contributed by atoms with Gasteiger partial charge in [-0.1, -0.05) is 54.1 Å². The van der Waals surface area contributed by atoms with Crippen molar-refractivity contribution in [1.82, 2.24) is 0 Å². The maximum Gasteiger partial charge on any atom is 0.0152 e. The van der Waals surface area contributed by atoms with Crippen LogP contribution in [0, 0.1) is 13.8 Å². The first-order chi connectivity index (χ1) is 8.22. The fourth-order valence-electron chi connectivity index (χ4n) is 1.94. The summed E-state index contributed by atoms with van der Waals surface area (Å²) in [5.74, 6) is 0. The van der Waals surface area contributed by atoms with E-state index in [0.29, 0.717) is 0 Å². The normalized spacial score (nSPS) is 12.4. The van der Waals surface area contributed by atoms with Gasteiger partial charge in [0.1, 0.15) is 0 Å². The topological polar surface area (TPSA) is 0 Å². The monoisotopic (exact) mass is 260 g/mol. The van der Waals surface area contributed by atoms with Gasteiger partial charge in [-0.05, 0) is 36.3 Å². The van der Waals surface area contributed by atoms with Gasteiger partial charge in [0.25, 0.3) is 0 Å². The Morgan fingerprint density at radius 2 is 1.65 bits per heavy atom. The molecule has 0 amide bonds. The van der Waals surface area contributed by atoms with Crippen LogP contribution in [0.25, 0.3) is 0 Å². The van der Waals surface area contributed by atoms with Gasteiger partial charge in [-0.15, -0.1) is 11.4 Å². The molecule has 17 heavy (non-hydrogen) atoms. The van der Waals surface area contributed by atoms with Gasteiger partial charge < -0.3 is 0 Å². The van der Waals surface area contributed by atoms with Crippen molar-refractivity contribution in [1.29, 1.82) is 0 Å². The average Bonchev–Trinajstić information content (AvgIpc) is 2.34. The van der Waals surface area contributed by atoms with Crippen LogP contribution >= 0.6 is 18.5 Å². The Labute approximate surface area is 109 Å². The maximum absolute atomic E-state index is 2.29. The molecular formula is C15H17PS. The van der Waals surface area contributed by atoms with E-state index in [1.807, 2.05) is 11.4 Å². The van der Waals surface area contributed by atoms with Gasteiger partial charge in [0.05, 0.1) is 0 Å². The molecule has 0 aliphatic carbocycles. The molecule has 0 radical (unpaired) electrons. The summed E-state index contributed by atoms with van der Waals surface area (Å²) in [4.78, 5) is 0. The van der Waals surface area contributed by atoms with Gasteiger partial charge in [-0.25, -0.2) is 0 Å². The molecule has 2 aromatic carbocycles. The average molecular weight is 260 g/mol. The molecule has 0 saturated heterocycles. The summed E-state index contributed by atoms with van der Waals surface area (Å²) in [6.45, 7) is 4.37. The highest BCUT2D eigenvalue weighted by Gasteiger charge is 2.14. The van der Waals surface area contributed by atoms with Crippen molar-refractivity contribution in [2.75, 3.05) is 6.26 Å². The van der Waals surface area contributed by atoms with Gasteiger partial charge in [0.15, 0.2) is 0 Å². The van der Waals surface area contributed by atoms with Crippen molar-refractivity contribution < 1.29 is 0 Å². The van der Waals surface area contributed by atoms with Crippen LogP contribution in [0.3, 0.4) is 0 Å². The van der Waals surface area contributed by atoms with Gasteiger partial charge in [-0.2, -0.15) is 0 Å². The molecule has 0 spiro atoms. The van der Waals surface area contributed by atoms with Crippen molar-refractivity contribution >= 4 is 29.1 Å². The number of hydrogen-bond acceptors (Lipinski definition) is 1. The van der Waals surface area contributed by atoms with Crippen molar-refractivity contribution in [3.05, 3.63) is 59.7 Å². The van der Waals surface area contributed by atoms with Gasteiger partial charge in [0.2, 0.25) is 0 Å². The molecule has 2 heteroatoms. The summed E-state index contributed by atoms with van der Waals surface area (Å²) in [6.07, 6.45) is 2.21. The highest BCUT2D eigenvalue weighted by molar-refractivity contribution is 8.59. The Kier molecular flexibility index (Phi) is 4.25. The third-order valence-corrected chi connectivity index (χ3v) is 7.13. The van der Waals surface area contributed by atoms with Crippen molar-refractivity contribution in [2.24, 2.45) is 0 Å². The van der Waals surface area contributed by atoms with E-state index in [1.165, 1.54) is 21.7 Å². The quantitative estimate of drug-likeness (QED) is 0.751. The minimum absolute atomic E-state index is 0.265. The summed E-state index contributed by atoms with van der Waals surface area (Å²) in [6, 6.07) is 17.6. The number of hydrogen-bond donors (Lipinski definition) is 0. The zero-order valence-corrected chi connectivity index (χ0v) is 12.2. The zero-order chi connectivity index (χ0) is 12.3. The second-order valence-electron chi connectivity index (χ2n) is 4.10. The molecule has 0 saturated carbocycles. The van der Waals surface area contributed by atoms with E-state index in [-0.39, 0.29) is 7.12 Å². The molecule has 0 heterocycles. The van der Waals surface area contributed by atoms with Crippen molar-refractivity contribution in [3.8, 4) is 0 Å². The van der Waals surface area contributed by atoms with Crippen LogP contribution in [0.15, 0.2) is 48.5 Å². The SMILES string of the molecule is CSP(c1ccccc1)c1ccc(C)cc1C. The van der Waals surface area contributed by atoms with Gasteiger partial charge in [-0.3, -0.25) is 0 Å². The molecule has 2 aromatic rings. The van der Waals surface area contributed by atoms with E-state index in [9.17, 15) is 0 Å². The fourth-order valence-corrected chi connectivity index (χ4v) is 5.87. The number of benzene rings is 2. The van der Waals surface area contributed by atoms with E-state index in [1.54, 1.807) is 0 Å². The van der Waals surface area contributed by atoms with Crippen LogP contribution in [0.4, 0.5) is 0 Å². The molecular weight excluding hydrogens is 243 g/mol. The minimum atomic E-state index is -0.265. The Bertz CT molecular complexity index is 494. The van der Waals surface area contributed by atoms with E-state index >= 15 is 0 Å². The highest BCUT2D eigenvalue weighted by Crippen LogP contribution is 2.46. The van der Waals surface area contributed by atoms with Crippen LogP contribution in [-0.4, -0.2) is 6.26 Å². The lowest BCUT2D eigenvalue weighted by Crippen LogP contribution is -2.12. The van der Waals surface area contributed by atoms with Crippen LogP contribution in [0.1, 0.15) is 11.1 Å². The summed E-state index contributed by atoms with van der Waals surface area (Å²) >= 11 is 1.96. The second-order valence-corrected chi connectivity index (χ2v) is 8.25. The Morgan fingerprint density at radius 3 is 2.24 bits per heavy atom. The summed E-state index contributed by atoms with van der Waals surface area (Å²) in [5.41, 5.74) is 2.75. The van der Waals surface area contributed by atoms with Crippen LogP contribution < -0.4 is 10.6 Å². The predicted molar refractivity (Wildman–Crippen MR) is 82.1 cm³/mol. The summed E-state index contributed by atoms with van der Waals surface area (Å²) in [5, 5.41) is 2.94. The van der Waals surface area contributed by atoms with Gasteiger partial charge in [0, 0.05) is 7.12 Å². The third-order valence-electron chi connectivity index (χ3n) is 2.74. The summed E-state index contributed by atoms with van der Waals surface area (Å²) < 4.78 is 0. The molecule has 1 unspecified atom stereocenters. The maximum atomic E-state index is 2.29. The number of aryl methyl sites for hydroxylation is 2. The van der Waals surface area contributed by atoms with E-state index < -0.39 is 0 Å². The first-order valence-corrected chi connectivity index (χ1v) is 8.86. The smallest absolute Gasteiger partial charge is 0.0152 e. The molecule has 0 aromatic heterocycles. The molecule has 0 N–H and O–H groups in total. The van der Waals surface area contributed by atoms with Crippen LogP contribution in [0.5, 0.6) is 0 Å². The predicted octanol–water partition coefficient (Wildman–Crippen LogP) is 4.01. The fraction of sp³-hybridized carbons (Fsp3) is 0.200. The van der Waals surface area contributed by atoms with Crippen LogP contribution in [0.2, 0.25) is 0 Å². The van der Waals surface area contributed by atoms with E-state index in [0.717, 1.165) is 0 Å². The van der Waals surface area contributed by atoms with Crippen LogP contribution in [-0.2, 0) is 0 Å². The van der Waals surface area contributed by atoms with Crippen molar-refractivity contribution in [3.63, 3.8) is 0 Å². The zero-order valence-electron chi connectivity index (χ0n) is 10.5. The number of rotatable bonds is 3. The highest BCUT2D eigenvalue weighted by atomic mass is 32.7. The summed E-state index contributed by atoms with van der Waals surface area (Å²) in [7, 11) is -0.265. The lowest BCUT2D eigenvalue weighted by Gasteiger charge is -2.18. The Balaban J connectivity index is 2.42. The third kappa shape index (κ3) is 2.91. The Morgan fingerprint density at radius 1 is 0.941 bits per heavy atom. The first-order valence-electron chi connectivity index (χ1n) is 5.69. The van der Waals surface area contributed by atoms with Gasteiger partial charge >= 0.3 is 0 Å². The van der Waals surface area contributed by atoms with Crippen molar-refractivity contribution in [2.45, 2.75) is 13.8 Å². The lowest BCUT2D eigenvalue weighted by molar-refractivity contribution is 1.41. The lowest BCUT2D eigenvalue weighted by atomic mass is 10.2. The largest absolute Gasteiger partial charge is 0.128 e.